The molecule has 0 bridgehead atoms. The number of hydrogen-bond donors (Lipinski definition) is 2. The van der Waals surface area contributed by atoms with Crippen LogP contribution in [0.5, 0.6) is 0 Å². The topological polar surface area (TPSA) is 58.4 Å². The van der Waals surface area contributed by atoms with Crippen LogP contribution >= 0.6 is 0 Å². The number of hydrogen-bond acceptors (Lipinski definition) is 3. The maximum absolute atomic E-state index is 12.7. The van der Waals surface area contributed by atoms with E-state index in [2.05, 4.69) is 34.5 Å². The predicted octanol–water partition coefficient (Wildman–Crippen LogP) is 4.22. The number of nitrogens with two attached hydrogens (primary N) is 1. The van der Waals surface area contributed by atoms with Gasteiger partial charge in [-0.1, -0.05) is 66.7 Å². The first-order valence-corrected chi connectivity index (χ1v) is 9.06. The maximum atomic E-state index is 12.7. The first kappa shape index (κ1) is 18.7. The Morgan fingerprint density at radius 3 is 2.00 bits per heavy atom. The van der Waals surface area contributed by atoms with Crippen LogP contribution in [0.25, 0.3) is 0 Å². The highest BCUT2D eigenvalue weighted by Gasteiger charge is 2.13. The molecule has 0 fully saturated rings. The van der Waals surface area contributed by atoms with Gasteiger partial charge in [0.15, 0.2) is 0 Å². The molecule has 3 aromatic rings. The third-order valence-electron chi connectivity index (χ3n) is 4.40. The zero-order valence-corrected chi connectivity index (χ0v) is 15.6. The van der Waals surface area contributed by atoms with Crippen LogP contribution in [0.15, 0.2) is 78.9 Å². The highest BCUT2D eigenvalue weighted by atomic mass is 16.2. The third-order valence-corrected chi connectivity index (χ3v) is 4.40. The fraction of sp³-hybridized carbons (Fsp3) is 0.174. The molecule has 138 valence electrons. The van der Waals surface area contributed by atoms with Crippen LogP contribution in [0.1, 0.15) is 16.7 Å². The molecule has 4 heteroatoms. The van der Waals surface area contributed by atoms with Gasteiger partial charge in [-0.15, -0.1) is 0 Å². The molecule has 1 amide bonds. The monoisotopic (exact) mass is 359 g/mol. The zero-order valence-electron chi connectivity index (χ0n) is 15.6. The minimum absolute atomic E-state index is 0.0458. The molecule has 0 heterocycles. The van der Waals surface area contributed by atoms with E-state index in [1.807, 2.05) is 55.5 Å². The number of rotatable bonds is 7. The van der Waals surface area contributed by atoms with Crippen molar-refractivity contribution in [2.24, 2.45) is 0 Å². The lowest BCUT2D eigenvalue weighted by atomic mass is 10.1. The molecule has 0 aromatic heterocycles. The smallest absolute Gasteiger partial charge is 0.238 e. The van der Waals surface area contributed by atoms with Gasteiger partial charge in [-0.05, 0) is 35.7 Å². The number of nitrogen functional groups attached to an aromatic ring is 1. The molecule has 0 aliphatic heterocycles. The Kier molecular flexibility index (Phi) is 6.23. The van der Waals surface area contributed by atoms with Crippen LogP contribution in [0.4, 0.5) is 11.4 Å². The second-order valence-electron chi connectivity index (χ2n) is 6.74. The quantitative estimate of drug-likeness (QED) is 0.621. The van der Waals surface area contributed by atoms with Crippen molar-refractivity contribution < 1.29 is 4.79 Å². The molecule has 4 nitrogen and oxygen atoms in total. The van der Waals surface area contributed by atoms with Gasteiger partial charge in [0.1, 0.15) is 0 Å². The molecule has 0 saturated heterocycles. The largest absolute Gasteiger partial charge is 0.399 e. The summed E-state index contributed by atoms with van der Waals surface area (Å²) in [5.41, 5.74) is 10.6. The number of aryl methyl sites for hydroxylation is 1. The molecule has 0 aliphatic rings. The van der Waals surface area contributed by atoms with Crippen molar-refractivity contribution in [1.82, 2.24) is 4.90 Å². The fourth-order valence-electron chi connectivity index (χ4n) is 3.02. The summed E-state index contributed by atoms with van der Waals surface area (Å²) in [5, 5.41) is 2.99. The summed E-state index contributed by atoms with van der Waals surface area (Å²) in [6.45, 7) is 3.68. The number of nitrogens with zero attached hydrogens (tertiary/aromatic N) is 1. The number of amides is 1. The molecule has 27 heavy (non-hydrogen) atoms. The minimum atomic E-state index is -0.0458. The molecule has 0 saturated carbocycles. The fourth-order valence-corrected chi connectivity index (χ4v) is 3.02. The number of carbonyl (C=O) groups is 1. The van der Waals surface area contributed by atoms with Crippen molar-refractivity contribution >= 4 is 17.3 Å². The lowest BCUT2D eigenvalue weighted by Gasteiger charge is -2.22. The Bertz CT molecular complexity index is 837. The molecule has 0 atom stereocenters. The molecule has 0 spiro atoms. The minimum Gasteiger partial charge on any atom is -0.399 e. The van der Waals surface area contributed by atoms with E-state index in [0.717, 1.165) is 11.3 Å². The predicted molar refractivity (Wildman–Crippen MR) is 111 cm³/mol. The molecule has 3 N–H and O–H groups in total. The molecule has 0 aliphatic carbocycles. The second-order valence-corrected chi connectivity index (χ2v) is 6.74. The summed E-state index contributed by atoms with van der Waals surface area (Å²) >= 11 is 0. The van der Waals surface area contributed by atoms with E-state index in [-0.39, 0.29) is 5.91 Å². The number of benzene rings is 3. The van der Waals surface area contributed by atoms with Gasteiger partial charge in [-0.3, -0.25) is 9.69 Å². The molecule has 0 unspecified atom stereocenters. The van der Waals surface area contributed by atoms with Gasteiger partial charge < -0.3 is 11.1 Å². The number of anilines is 2. The Hall–Kier alpha value is -3.11. The van der Waals surface area contributed by atoms with Crippen molar-refractivity contribution in [3.63, 3.8) is 0 Å². The second kappa shape index (κ2) is 9.01. The average molecular weight is 359 g/mol. The van der Waals surface area contributed by atoms with Crippen LogP contribution in [-0.4, -0.2) is 17.4 Å². The van der Waals surface area contributed by atoms with E-state index in [1.54, 1.807) is 6.07 Å². The van der Waals surface area contributed by atoms with Gasteiger partial charge >= 0.3 is 0 Å². The SMILES string of the molecule is Cc1ccc(N)cc1NC(=O)CN(Cc1ccccc1)Cc1ccccc1. The highest BCUT2D eigenvalue weighted by molar-refractivity contribution is 5.93. The Labute approximate surface area is 160 Å². The van der Waals surface area contributed by atoms with Crippen molar-refractivity contribution in [2.45, 2.75) is 20.0 Å². The molecule has 3 aromatic carbocycles. The summed E-state index contributed by atoms with van der Waals surface area (Å²) in [6.07, 6.45) is 0. The van der Waals surface area contributed by atoms with Crippen LogP contribution in [0, 0.1) is 6.92 Å². The molecule has 3 rings (SSSR count). The van der Waals surface area contributed by atoms with E-state index < -0.39 is 0 Å². The molecular formula is C23H25N3O. The summed E-state index contributed by atoms with van der Waals surface area (Å²) in [5.74, 6) is -0.0458. The van der Waals surface area contributed by atoms with Crippen LogP contribution < -0.4 is 11.1 Å². The van der Waals surface area contributed by atoms with Crippen LogP contribution in [-0.2, 0) is 17.9 Å². The van der Waals surface area contributed by atoms with Gasteiger partial charge in [-0.2, -0.15) is 0 Å². The summed E-state index contributed by atoms with van der Waals surface area (Å²) < 4.78 is 0. The molecule has 0 radical (unpaired) electrons. The Morgan fingerprint density at radius 1 is 0.889 bits per heavy atom. The van der Waals surface area contributed by atoms with E-state index >= 15 is 0 Å². The summed E-state index contributed by atoms with van der Waals surface area (Å²) in [4.78, 5) is 14.8. The van der Waals surface area contributed by atoms with E-state index in [0.29, 0.717) is 25.3 Å². The van der Waals surface area contributed by atoms with Crippen molar-refractivity contribution in [1.29, 1.82) is 0 Å². The van der Waals surface area contributed by atoms with Crippen molar-refractivity contribution in [3.8, 4) is 0 Å². The van der Waals surface area contributed by atoms with Gasteiger partial charge in [0.25, 0.3) is 0 Å². The van der Waals surface area contributed by atoms with Gasteiger partial charge in [0, 0.05) is 24.5 Å². The maximum Gasteiger partial charge on any atom is 0.238 e. The van der Waals surface area contributed by atoms with E-state index in [9.17, 15) is 4.79 Å². The summed E-state index contributed by atoms with van der Waals surface area (Å²) in [6, 6.07) is 26.0. The van der Waals surface area contributed by atoms with Gasteiger partial charge in [0.2, 0.25) is 5.91 Å². The number of carbonyl (C=O) groups excluding carboxylic acids is 1. The normalized spacial score (nSPS) is 10.7. The van der Waals surface area contributed by atoms with Crippen LogP contribution in [0.2, 0.25) is 0 Å². The van der Waals surface area contributed by atoms with Gasteiger partial charge in [0.05, 0.1) is 6.54 Å². The van der Waals surface area contributed by atoms with E-state index in [4.69, 9.17) is 5.73 Å². The van der Waals surface area contributed by atoms with Crippen LogP contribution in [0.3, 0.4) is 0 Å². The van der Waals surface area contributed by atoms with Crippen molar-refractivity contribution in [2.75, 3.05) is 17.6 Å². The highest BCUT2D eigenvalue weighted by Crippen LogP contribution is 2.18. The zero-order chi connectivity index (χ0) is 19.1. The lowest BCUT2D eigenvalue weighted by molar-refractivity contribution is -0.117. The Morgan fingerprint density at radius 2 is 1.44 bits per heavy atom. The molecular weight excluding hydrogens is 334 g/mol. The third kappa shape index (κ3) is 5.69. The lowest BCUT2D eigenvalue weighted by Crippen LogP contribution is -2.32. The number of nitrogens with one attached hydrogen (secondary N) is 1. The van der Waals surface area contributed by atoms with Crippen molar-refractivity contribution in [3.05, 3.63) is 95.6 Å². The van der Waals surface area contributed by atoms with Gasteiger partial charge in [-0.25, -0.2) is 0 Å². The first-order valence-electron chi connectivity index (χ1n) is 9.06. The van der Waals surface area contributed by atoms with E-state index in [1.165, 1.54) is 11.1 Å². The average Bonchev–Trinajstić information content (AvgIpc) is 2.66. The first-order chi connectivity index (χ1) is 13.1. The summed E-state index contributed by atoms with van der Waals surface area (Å²) in [7, 11) is 0. The standard InChI is InChI=1S/C23H25N3O/c1-18-12-13-21(24)14-22(18)25-23(27)17-26(15-19-8-4-2-5-9-19)16-20-10-6-3-7-11-20/h2-14H,15-17,24H2,1H3,(H,25,27). The Balaban J connectivity index is 1.71.